The van der Waals surface area contributed by atoms with E-state index >= 15 is 0 Å². The summed E-state index contributed by atoms with van der Waals surface area (Å²) >= 11 is 0. The quantitative estimate of drug-likeness (QED) is 0.494. The minimum Gasteiger partial charge on any atom is -0.447 e. The number of carbonyl (C=O) groups excluding carboxylic acids is 1. The highest BCUT2D eigenvalue weighted by Gasteiger charge is 2.30. The molecule has 2 aromatic rings. The highest BCUT2D eigenvalue weighted by molar-refractivity contribution is 7.89. The van der Waals surface area contributed by atoms with Gasteiger partial charge in [0.2, 0.25) is 20.0 Å². The van der Waals surface area contributed by atoms with Crippen molar-refractivity contribution < 1.29 is 26.4 Å². The second-order valence-electron chi connectivity index (χ2n) is 10.2. The van der Waals surface area contributed by atoms with Crippen LogP contribution in [0.25, 0.3) is 0 Å². The number of sulfonamides is 2. The zero-order chi connectivity index (χ0) is 28.8. The zero-order valence-electron chi connectivity index (χ0n) is 23.2. The molecule has 9 nitrogen and oxygen atoms in total. The monoisotopic (exact) mass is 577 g/mol. The Morgan fingerprint density at radius 3 is 1.49 bits per heavy atom. The standard InChI is InChI=1S/C28H39N3O6S2/c1-22(2)37-28(32)29-16-6-18-30(38(33,34)26-12-8-23(3)9-13-26)20-25(5)21-31(19-7-17-29)39(35,36)27-14-10-24(4)11-15-27/h8-15,22H,5-7,16-21H2,1-4H3. The Morgan fingerprint density at radius 2 is 1.13 bits per heavy atom. The molecule has 0 bridgehead atoms. The van der Waals surface area contributed by atoms with Crippen LogP contribution < -0.4 is 0 Å². The normalized spacial score (nSPS) is 17.5. The Hall–Kier alpha value is -2.73. The van der Waals surface area contributed by atoms with Crippen LogP contribution in [0.2, 0.25) is 0 Å². The van der Waals surface area contributed by atoms with E-state index in [1.165, 1.54) is 13.5 Å². The molecule has 39 heavy (non-hydrogen) atoms. The molecule has 11 heteroatoms. The minimum absolute atomic E-state index is 0.0490. The first-order valence-electron chi connectivity index (χ1n) is 13.1. The number of rotatable bonds is 5. The summed E-state index contributed by atoms with van der Waals surface area (Å²) in [5.74, 6) is 0. The van der Waals surface area contributed by atoms with Crippen LogP contribution in [-0.4, -0.2) is 81.8 Å². The number of hydrogen-bond acceptors (Lipinski definition) is 6. The Labute approximate surface area is 233 Å². The number of carbonyl (C=O) groups is 1. The van der Waals surface area contributed by atoms with Crippen molar-refractivity contribution in [3.05, 3.63) is 71.8 Å². The summed E-state index contributed by atoms with van der Waals surface area (Å²) in [4.78, 5) is 14.6. The van der Waals surface area contributed by atoms with Crippen LogP contribution in [0.5, 0.6) is 0 Å². The summed E-state index contributed by atoms with van der Waals surface area (Å²) in [6, 6.07) is 13.2. The third-order valence-corrected chi connectivity index (χ3v) is 10.1. The fourth-order valence-corrected chi connectivity index (χ4v) is 7.28. The number of nitrogens with zero attached hydrogens (tertiary/aromatic N) is 3. The van der Waals surface area contributed by atoms with Gasteiger partial charge in [0.05, 0.1) is 15.9 Å². The van der Waals surface area contributed by atoms with Gasteiger partial charge in [-0.25, -0.2) is 21.6 Å². The summed E-state index contributed by atoms with van der Waals surface area (Å²) in [6.07, 6.45) is -0.0557. The lowest BCUT2D eigenvalue weighted by Crippen LogP contribution is -2.42. The van der Waals surface area contributed by atoms with E-state index in [0.29, 0.717) is 18.4 Å². The average Bonchev–Trinajstić information content (AvgIpc) is 2.85. The molecule has 1 amide bonds. The van der Waals surface area contributed by atoms with Gasteiger partial charge in [0.1, 0.15) is 0 Å². The molecule has 0 unspecified atom stereocenters. The Balaban J connectivity index is 1.95. The third-order valence-electron chi connectivity index (χ3n) is 6.38. The molecule has 0 atom stereocenters. The molecule has 3 rings (SSSR count). The van der Waals surface area contributed by atoms with E-state index in [-0.39, 0.29) is 55.2 Å². The second-order valence-corrected chi connectivity index (χ2v) is 14.1. The number of hydrogen-bond donors (Lipinski definition) is 0. The van der Waals surface area contributed by atoms with Gasteiger partial charge >= 0.3 is 6.09 Å². The van der Waals surface area contributed by atoms with Crippen LogP contribution in [0.3, 0.4) is 0 Å². The first-order valence-corrected chi connectivity index (χ1v) is 15.9. The molecule has 1 saturated heterocycles. The fraction of sp³-hybridized carbons (Fsp3) is 0.464. The lowest BCUT2D eigenvalue weighted by molar-refractivity contribution is 0.0751. The lowest BCUT2D eigenvalue weighted by Gasteiger charge is -2.30. The van der Waals surface area contributed by atoms with E-state index in [1.807, 2.05) is 13.8 Å². The highest BCUT2D eigenvalue weighted by atomic mass is 32.2. The number of amides is 1. The van der Waals surface area contributed by atoms with Crippen molar-refractivity contribution in [1.29, 1.82) is 0 Å². The third kappa shape index (κ3) is 8.14. The van der Waals surface area contributed by atoms with Crippen molar-refractivity contribution in [1.82, 2.24) is 13.5 Å². The molecule has 0 aromatic heterocycles. The first-order chi connectivity index (χ1) is 18.3. The number of benzene rings is 2. The van der Waals surface area contributed by atoms with Gasteiger partial charge in [-0.1, -0.05) is 42.0 Å². The summed E-state index contributed by atoms with van der Waals surface area (Å²) in [5.41, 5.74) is 2.32. The molecule has 0 aliphatic carbocycles. The van der Waals surface area contributed by atoms with Crippen LogP contribution >= 0.6 is 0 Å². The molecule has 1 aliphatic heterocycles. The second kappa shape index (κ2) is 13.1. The van der Waals surface area contributed by atoms with Crippen molar-refractivity contribution >= 4 is 26.1 Å². The largest absolute Gasteiger partial charge is 0.447 e. The van der Waals surface area contributed by atoms with Crippen LogP contribution in [0.15, 0.2) is 70.5 Å². The van der Waals surface area contributed by atoms with Crippen LogP contribution in [0, 0.1) is 13.8 Å². The molecule has 0 saturated carbocycles. The first kappa shape index (κ1) is 30.8. The SMILES string of the molecule is C=C1CN(S(=O)(=O)c2ccc(C)cc2)CCCN(C(=O)OC(C)C)CCCN(S(=O)(=O)c2ccc(C)cc2)C1. The highest BCUT2D eigenvalue weighted by Crippen LogP contribution is 2.22. The Morgan fingerprint density at radius 1 is 0.744 bits per heavy atom. The van der Waals surface area contributed by atoms with Gasteiger partial charge in [-0.05, 0) is 70.4 Å². The Kier molecular flexibility index (Phi) is 10.3. The maximum Gasteiger partial charge on any atom is 0.410 e. The molecule has 1 fully saturated rings. The van der Waals surface area contributed by atoms with Crippen LogP contribution in [0.4, 0.5) is 4.79 Å². The van der Waals surface area contributed by atoms with Gasteiger partial charge in [0, 0.05) is 39.3 Å². The van der Waals surface area contributed by atoms with E-state index in [0.717, 1.165) is 11.1 Å². The summed E-state index contributed by atoms with van der Waals surface area (Å²) < 4.78 is 62.4. The molecule has 1 aliphatic rings. The summed E-state index contributed by atoms with van der Waals surface area (Å²) in [5, 5.41) is 0. The fourth-order valence-electron chi connectivity index (χ4n) is 4.28. The van der Waals surface area contributed by atoms with Gasteiger partial charge in [-0.3, -0.25) is 0 Å². The van der Waals surface area contributed by atoms with Gasteiger partial charge in [-0.2, -0.15) is 8.61 Å². The molecular weight excluding hydrogens is 538 g/mol. The average molecular weight is 578 g/mol. The maximum atomic E-state index is 13.6. The summed E-state index contributed by atoms with van der Waals surface area (Å²) in [7, 11) is -7.79. The molecular formula is C28H39N3O6S2. The van der Waals surface area contributed by atoms with Crippen molar-refractivity contribution in [3.8, 4) is 0 Å². The van der Waals surface area contributed by atoms with E-state index in [1.54, 1.807) is 62.4 Å². The zero-order valence-corrected chi connectivity index (χ0v) is 24.8. The molecule has 0 N–H and O–H groups in total. The molecule has 1 heterocycles. The lowest BCUT2D eigenvalue weighted by atomic mass is 10.2. The molecule has 0 radical (unpaired) electrons. The molecule has 2 aromatic carbocycles. The van der Waals surface area contributed by atoms with Gasteiger partial charge in [0.25, 0.3) is 0 Å². The molecule has 0 spiro atoms. The minimum atomic E-state index is -3.90. The van der Waals surface area contributed by atoms with E-state index < -0.39 is 26.1 Å². The number of ether oxygens (including phenoxy) is 1. The number of aryl methyl sites for hydroxylation is 2. The van der Waals surface area contributed by atoms with Gasteiger partial charge < -0.3 is 9.64 Å². The van der Waals surface area contributed by atoms with E-state index in [4.69, 9.17) is 4.74 Å². The van der Waals surface area contributed by atoms with Crippen molar-refractivity contribution in [3.63, 3.8) is 0 Å². The van der Waals surface area contributed by atoms with Crippen molar-refractivity contribution in [2.45, 2.75) is 56.4 Å². The maximum absolute atomic E-state index is 13.6. The smallest absolute Gasteiger partial charge is 0.410 e. The van der Waals surface area contributed by atoms with Crippen LogP contribution in [0.1, 0.15) is 37.8 Å². The van der Waals surface area contributed by atoms with Gasteiger partial charge in [-0.15, -0.1) is 0 Å². The van der Waals surface area contributed by atoms with Crippen molar-refractivity contribution in [2.75, 3.05) is 39.3 Å². The van der Waals surface area contributed by atoms with Crippen molar-refractivity contribution in [2.24, 2.45) is 0 Å². The predicted octanol–water partition coefficient (Wildman–Crippen LogP) is 4.18. The summed E-state index contributed by atoms with van der Waals surface area (Å²) in [6.45, 7) is 12.0. The Bertz CT molecular complexity index is 1260. The van der Waals surface area contributed by atoms with Crippen LogP contribution in [-0.2, 0) is 24.8 Å². The molecule has 214 valence electrons. The topological polar surface area (TPSA) is 104 Å². The van der Waals surface area contributed by atoms with E-state index in [2.05, 4.69) is 6.58 Å². The van der Waals surface area contributed by atoms with E-state index in [9.17, 15) is 21.6 Å². The predicted molar refractivity (Wildman–Crippen MR) is 151 cm³/mol. The van der Waals surface area contributed by atoms with Gasteiger partial charge in [0.15, 0.2) is 0 Å².